The van der Waals surface area contributed by atoms with Crippen LogP contribution in [0.15, 0.2) is 12.1 Å². The number of benzene rings is 1. The summed E-state index contributed by atoms with van der Waals surface area (Å²) in [5.41, 5.74) is 2.83. The zero-order valence-corrected chi connectivity index (χ0v) is 12.2. The second-order valence-electron chi connectivity index (χ2n) is 5.01. The van der Waals surface area contributed by atoms with Crippen LogP contribution in [0.2, 0.25) is 5.02 Å². The molecule has 4 nitrogen and oxygen atoms in total. The molecule has 2 N–H and O–H groups in total. The lowest BCUT2D eigenvalue weighted by atomic mass is 10.1. The molecule has 2 rings (SSSR count). The van der Waals surface area contributed by atoms with Crippen LogP contribution < -0.4 is 10.6 Å². The molecule has 1 saturated heterocycles. The molecule has 0 unspecified atom stereocenters. The second kappa shape index (κ2) is 6.37. The molecule has 1 amide bonds. The molecule has 0 aromatic heterocycles. The maximum atomic E-state index is 12.0. The number of amides is 1. The first kappa shape index (κ1) is 14.3. The van der Waals surface area contributed by atoms with Gasteiger partial charge in [-0.15, -0.1) is 0 Å². The fraction of sp³-hybridized carbons (Fsp3) is 0.500. The first-order valence-electron chi connectivity index (χ1n) is 6.56. The lowest BCUT2D eigenvalue weighted by Gasteiger charge is -2.26. The van der Waals surface area contributed by atoms with Crippen LogP contribution in [0.25, 0.3) is 0 Å². The van der Waals surface area contributed by atoms with Gasteiger partial charge >= 0.3 is 0 Å². The Morgan fingerprint density at radius 2 is 2.05 bits per heavy atom. The van der Waals surface area contributed by atoms with E-state index in [1.807, 2.05) is 26.0 Å². The van der Waals surface area contributed by atoms with E-state index < -0.39 is 0 Å². The Bertz CT molecular complexity index is 447. The number of aryl methyl sites for hydroxylation is 2. The van der Waals surface area contributed by atoms with Gasteiger partial charge in [0.2, 0.25) is 5.91 Å². The summed E-state index contributed by atoms with van der Waals surface area (Å²) in [4.78, 5) is 14.2. The van der Waals surface area contributed by atoms with E-state index >= 15 is 0 Å². The van der Waals surface area contributed by atoms with E-state index in [0.29, 0.717) is 11.6 Å². The summed E-state index contributed by atoms with van der Waals surface area (Å²) in [6.07, 6.45) is 0. The molecule has 0 saturated carbocycles. The van der Waals surface area contributed by atoms with Crippen LogP contribution in [0.1, 0.15) is 11.1 Å². The lowest BCUT2D eigenvalue weighted by molar-refractivity contribution is -0.117. The third kappa shape index (κ3) is 3.93. The Kier molecular flexibility index (Phi) is 4.80. The number of nitrogens with zero attached hydrogens (tertiary/aromatic N) is 1. The highest BCUT2D eigenvalue weighted by Gasteiger charge is 2.15. The Morgan fingerprint density at radius 1 is 1.37 bits per heavy atom. The number of piperazine rings is 1. The monoisotopic (exact) mass is 281 g/mol. The quantitative estimate of drug-likeness (QED) is 0.888. The molecular formula is C14H20ClN3O. The van der Waals surface area contributed by atoms with Crippen LogP contribution in [0.3, 0.4) is 0 Å². The number of rotatable bonds is 3. The van der Waals surface area contributed by atoms with Gasteiger partial charge in [0.1, 0.15) is 0 Å². The number of hydrogen-bond acceptors (Lipinski definition) is 3. The van der Waals surface area contributed by atoms with Crippen molar-refractivity contribution in [2.24, 2.45) is 0 Å². The van der Waals surface area contributed by atoms with Crippen LogP contribution in [0, 0.1) is 13.8 Å². The molecule has 0 spiro atoms. The average molecular weight is 282 g/mol. The Hall–Kier alpha value is -1.10. The normalized spacial score (nSPS) is 16.4. The Balaban J connectivity index is 1.98. The van der Waals surface area contributed by atoms with Crippen molar-refractivity contribution in [2.75, 3.05) is 38.0 Å². The molecule has 5 heteroatoms. The first-order valence-corrected chi connectivity index (χ1v) is 6.94. The molecule has 0 atom stereocenters. The molecular weight excluding hydrogens is 262 g/mol. The van der Waals surface area contributed by atoms with Gasteiger partial charge in [-0.2, -0.15) is 0 Å². The van der Waals surface area contributed by atoms with E-state index in [1.54, 1.807) is 0 Å². The van der Waals surface area contributed by atoms with Crippen molar-refractivity contribution in [3.05, 3.63) is 28.3 Å². The van der Waals surface area contributed by atoms with E-state index in [4.69, 9.17) is 11.6 Å². The minimum absolute atomic E-state index is 0.00393. The van der Waals surface area contributed by atoms with Crippen molar-refractivity contribution in [3.63, 3.8) is 0 Å². The van der Waals surface area contributed by atoms with Crippen LogP contribution in [0.5, 0.6) is 0 Å². The highest BCUT2D eigenvalue weighted by atomic mass is 35.5. The summed E-state index contributed by atoms with van der Waals surface area (Å²) >= 11 is 6.18. The van der Waals surface area contributed by atoms with E-state index in [2.05, 4.69) is 15.5 Å². The Morgan fingerprint density at radius 3 is 2.68 bits per heavy atom. The summed E-state index contributed by atoms with van der Waals surface area (Å²) in [5, 5.41) is 6.79. The zero-order chi connectivity index (χ0) is 13.8. The molecule has 0 radical (unpaired) electrons. The van der Waals surface area contributed by atoms with Gasteiger partial charge in [0.15, 0.2) is 0 Å². The number of carbonyl (C=O) groups excluding carboxylic acids is 1. The smallest absolute Gasteiger partial charge is 0.238 e. The molecule has 1 aromatic carbocycles. The van der Waals surface area contributed by atoms with Gasteiger partial charge in [-0.25, -0.2) is 0 Å². The number of nitrogens with one attached hydrogen (secondary N) is 2. The summed E-state index contributed by atoms with van der Waals surface area (Å²) < 4.78 is 0. The first-order chi connectivity index (χ1) is 9.06. The van der Waals surface area contributed by atoms with Gasteiger partial charge in [0.25, 0.3) is 0 Å². The van der Waals surface area contributed by atoms with E-state index in [0.717, 1.165) is 43.0 Å². The predicted molar refractivity (Wildman–Crippen MR) is 78.9 cm³/mol. The van der Waals surface area contributed by atoms with Gasteiger partial charge in [-0.05, 0) is 31.0 Å². The topological polar surface area (TPSA) is 44.4 Å². The summed E-state index contributed by atoms with van der Waals surface area (Å²) in [7, 11) is 0. The van der Waals surface area contributed by atoms with Gasteiger partial charge in [0, 0.05) is 26.2 Å². The second-order valence-corrected chi connectivity index (χ2v) is 5.42. The SMILES string of the molecule is Cc1cc(C)c(NC(=O)CN2CCNCC2)c(Cl)c1. The van der Waals surface area contributed by atoms with Crippen molar-refractivity contribution >= 4 is 23.2 Å². The number of hydrogen-bond donors (Lipinski definition) is 2. The predicted octanol–water partition coefficient (Wildman–Crippen LogP) is 1.80. The largest absolute Gasteiger partial charge is 0.323 e. The number of anilines is 1. The molecule has 1 heterocycles. The van der Waals surface area contributed by atoms with Gasteiger partial charge < -0.3 is 10.6 Å². The molecule has 1 aliphatic heterocycles. The maximum absolute atomic E-state index is 12.0. The zero-order valence-electron chi connectivity index (χ0n) is 11.4. The van der Waals surface area contributed by atoms with Crippen LogP contribution in [-0.4, -0.2) is 43.5 Å². The molecule has 19 heavy (non-hydrogen) atoms. The molecule has 0 aliphatic carbocycles. The van der Waals surface area contributed by atoms with Gasteiger partial charge in [-0.3, -0.25) is 9.69 Å². The molecule has 0 bridgehead atoms. The molecule has 1 aliphatic rings. The van der Waals surface area contributed by atoms with Crippen molar-refractivity contribution in [3.8, 4) is 0 Å². The minimum Gasteiger partial charge on any atom is -0.323 e. The summed E-state index contributed by atoms with van der Waals surface area (Å²) in [6, 6.07) is 3.89. The average Bonchev–Trinajstić information content (AvgIpc) is 2.35. The van der Waals surface area contributed by atoms with Crippen molar-refractivity contribution in [1.82, 2.24) is 10.2 Å². The molecule has 1 fully saturated rings. The number of carbonyl (C=O) groups is 1. The highest BCUT2D eigenvalue weighted by Crippen LogP contribution is 2.27. The third-order valence-electron chi connectivity index (χ3n) is 3.27. The van der Waals surface area contributed by atoms with E-state index in [1.165, 1.54) is 0 Å². The number of halogens is 1. The fourth-order valence-corrected chi connectivity index (χ4v) is 2.69. The maximum Gasteiger partial charge on any atom is 0.238 e. The van der Waals surface area contributed by atoms with Crippen LogP contribution >= 0.6 is 11.6 Å². The van der Waals surface area contributed by atoms with E-state index in [9.17, 15) is 4.79 Å². The van der Waals surface area contributed by atoms with Crippen LogP contribution in [0.4, 0.5) is 5.69 Å². The molecule has 104 valence electrons. The summed E-state index contributed by atoms with van der Waals surface area (Å²) in [6.45, 7) is 8.08. The van der Waals surface area contributed by atoms with Crippen molar-refractivity contribution in [1.29, 1.82) is 0 Å². The van der Waals surface area contributed by atoms with Crippen LogP contribution in [-0.2, 0) is 4.79 Å². The fourth-order valence-electron chi connectivity index (χ4n) is 2.33. The van der Waals surface area contributed by atoms with E-state index in [-0.39, 0.29) is 5.91 Å². The summed E-state index contributed by atoms with van der Waals surface area (Å²) in [5.74, 6) is -0.00393. The van der Waals surface area contributed by atoms with Crippen molar-refractivity contribution in [2.45, 2.75) is 13.8 Å². The van der Waals surface area contributed by atoms with Gasteiger partial charge in [-0.1, -0.05) is 17.7 Å². The third-order valence-corrected chi connectivity index (χ3v) is 3.57. The Labute approximate surface area is 119 Å². The molecule has 1 aromatic rings. The van der Waals surface area contributed by atoms with Gasteiger partial charge in [0.05, 0.1) is 17.3 Å². The lowest BCUT2D eigenvalue weighted by Crippen LogP contribution is -2.46. The standard InChI is InChI=1S/C14H20ClN3O/c1-10-7-11(2)14(12(15)8-10)17-13(19)9-18-5-3-16-4-6-18/h7-8,16H,3-6,9H2,1-2H3,(H,17,19). The highest BCUT2D eigenvalue weighted by molar-refractivity contribution is 6.34. The minimum atomic E-state index is -0.00393. The van der Waals surface area contributed by atoms with Crippen molar-refractivity contribution < 1.29 is 4.79 Å².